The molecule has 0 aliphatic heterocycles. The number of hydrogen-bond donors (Lipinski definition) is 2. The van der Waals surface area contributed by atoms with Gasteiger partial charge in [0.15, 0.2) is 6.54 Å². The van der Waals surface area contributed by atoms with E-state index in [-0.39, 0.29) is 5.91 Å². The molecule has 0 spiro atoms. The summed E-state index contributed by atoms with van der Waals surface area (Å²) in [5.41, 5.74) is 1.69. The smallest absolute Gasteiger partial charge is 0.275 e. The lowest BCUT2D eigenvalue weighted by Crippen LogP contribution is -3.11. The molecule has 1 rings (SSSR count). The largest absolute Gasteiger partial charge is 0.351 e. The third-order valence-electron chi connectivity index (χ3n) is 2.86. The quantitative estimate of drug-likeness (QED) is 0.748. The highest BCUT2D eigenvalue weighted by Crippen LogP contribution is 2.05. The van der Waals surface area contributed by atoms with E-state index in [1.54, 1.807) is 0 Å². The SMILES string of the molecule is CCNC(=O)C[NH+](CC)Cc1ccccc1C#N. The Morgan fingerprint density at radius 3 is 2.72 bits per heavy atom. The Bertz CT molecular complexity index is 437. The maximum Gasteiger partial charge on any atom is 0.275 e. The van der Waals surface area contributed by atoms with E-state index in [9.17, 15) is 4.79 Å². The highest BCUT2D eigenvalue weighted by Gasteiger charge is 2.14. The number of amides is 1. The van der Waals surface area contributed by atoms with Crippen molar-refractivity contribution >= 4 is 5.91 Å². The van der Waals surface area contributed by atoms with Crippen LogP contribution >= 0.6 is 0 Å². The number of nitrogens with one attached hydrogen (secondary N) is 2. The number of carbonyl (C=O) groups is 1. The summed E-state index contributed by atoms with van der Waals surface area (Å²) in [7, 11) is 0. The van der Waals surface area contributed by atoms with Gasteiger partial charge in [0, 0.05) is 12.1 Å². The van der Waals surface area contributed by atoms with Crippen LogP contribution in [0.2, 0.25) is 0 Å². The summed E-state index contributed by atoms with van der Waals surface area (Å²) in [4.78, 5) is 12.7. The van der Waals surface area contributed by atoms with Crippen LogP contribution in [-0.4, -0.2) is 25.5 Å². The van der Waals surface area contributed by atoms with Gasteiger partial charge in [-0.3, -0.25) is 4.79 Å². The zero-order valence-corrected chi connectivity index (χ0v) is 11.0. The highest BCUT2D eigenvalue weighted by molar-refractivity contribution is 5.76. The molecule has 1 aromatic carbocycles. The fourth-order valence-corrected chi connectivity index (χ4v) is 1.85. The van der Waals surface area contributed by atoms with E-state index in [0.717, 1.165) is 17.0 Å². The van der Waals surface area contributed by atoms with Gasteiger partial charge in [-0.25, -0.2) is 0 Å². The summed E-state index contributed by atoms with van der Waals surface area (Å²) < 4.78 is 0. The fourth-order valence-electron chi connectivity index (χ4n) is 1.85. The van der Waals surface area contributed by atoms with Gasteiger partial charge in [-0.1, -0.05) is 18.2 Å². The summed E-state index contributed by atoms with van der Waals surface area (Å²) in [6.07, 6.45) is 0. The van der Waals surface area contributed by atoms with Gasteiger partial charge in [-0.2, -0.15) is 5.26 Å². The first kappa shape index (κ1) is 14.2. The lowest BCUT2D eigenvalue weighted by molar-refractivity contribution is -0.904. The van der Waals surface area contributed by atoms with Crippen LogP contribution in [0.25, 0.3) is 0 Å². The molecule has 0 bridgehead atoms. The van der Waals surface area contributed by atoms with Crippen LogP contribution < -0.4 is 10.2 Å². The third kappa shape index (κ3) is 4.19. The molecule has 1 amide bonds. The predicted molar refractivity (Wildman–Crippen MR) is 69.9 cm³/mol. The average molecular weight is 246 g/mol. The molecule has 18 heavy (non-hydrogen) atoms. The van der Waals surface area contributed by atoms with Gasteiger partial charge in [0.05, 0.1) is 18.2 Å². The molecule has 4 nitrogen and oxygen atoms in total. The molecule has 96 valence electrons. The summed E-state index contributed by atoms with van der Waals surface area (Å²) in [5.74, 6) is 0.0591. The molecule has 0 aliphatic carbocycles. The number of rotatable bonds is 6. The van der Waals surface area contributed by atoms with E-state index in [2.05, 4.69) is 11.4 Å². The molecule has 0 fully saturated rings. The monoisotopic (exact) mass is 246 g/mol. The van der Waals surface area contributed by atoms with Crippen LogP contribution in [0.3, 0.4) is 0 Å². The number of nitrogens with zero attached hydrogens (tertiary/aromatic N) is 1. The molecule has 0 aliphatic rings. The molecule has 2 N–H and O–H groups in total. The lowest BCUT2D eigenvalue weighted by atomic mass is 10.1. The van der Waals surface area contributed by atoms with Gasteiger partial charge < -0.3 is 10.2 Å². The van der Waals surface area contributed by atoms with Crippen molar-refractivity contribution in [1.82, 2.24) is 5.32 Å². The second-order valence-corrected chi connectivity index (χ2v) is 4.18. The van der Waals surface area contributed by atoms with Crippen LogP contribution in [-0.2, 0) is 11.3 Å². The van der Waals surface area contributed by atoms with Gasteiger partial charge in [0.1, 0.15) is 6.54 Å². The minimum absolute atomic E-state index is 0.0591. The zero-order valence-electron chi connectivity index (χ0n) is 11.0. The topological polar surface area (TPSA) is 57.3 Å². The normalized spacial score (nSPS) is 11.6. The second kappa shape index (κ2) is 7.46. The van der Waals surface area contributed by atoms with E-state index < -0.39 is 0 Å². The summed E-state index contributed by atoms with van der Waals surface area (Å²) in [6, 6.07) is 9.74. The molecular weight excluding hydrogens is 226 g/mol. The predicted octanol–water partition coefficient (Wildman–Crippen LogP) is 0.0992. The van der Waals surface area contributed by atoms with Crippen molar-refractivity contribution in [2.75, 3.05) is 19.6 Å². The molecule has 0 radical (unpaired) electrons. The molecule has 1 aromatic rings. The molecule has 0 aromatic heterocycles. The summed E-state index contributed by atoms with van der Waals surface area (Å²) >= 11 is 0. The van der Waals surface area contributed by atoms with Crippen molar-refractivity contribution in [3.05, 3.63) is 35.4 Å². The Kier molecular flexibility index (Phi) is 5.89. The first-order valence-electron chi connectivity index (χ1n) is 6.29. The zero-order chi connectivity index (χ0) is 13.4. The number of nitriles is 1. The highest BCUT2D eigenvalue weighted by atomic mass is 16.2. The number of quaternary nitrogens is 1. The lowest BCUT2D eigenvalue weighted by Gasteiger charge is -2.17. The summed E-state index contributed by atoms with van der Waals surface area (Å²) in [6.45, 7) is 6.63. The standard InChI is InChI=1S/C14H19N3O/c1-3-16-14(18)11-17(4-2)10-13-8-6-5-7-12(13)9-15/h5-8H,3-4,10-11H2,1-2H3,(H,16,18)/p+1. The van der Waals surface area contributed by atoms with Crippen molar-refractivity contribution in [2.45, 2.75) is 20.4 Å². The Morgan fingerprint density at radius 2 is 2.11 bits per heavy atom. The third-order valence-corrected chi connectivity index (χ3v) is 2.86. The van der Waals surface area contributed by atoms with Crippen LogP contribution in [0, 0.1) is 11.3 Å². The van der Waals surface area contributed by atoms with Crippen molar-refractivity contribution in [1.29, 1.82) is 5.26 Å². The van der Waals surface area contributed by atoms with Crippen molar-refractivity contribution < 1.29 is 9.69 Å². The van der Waals surface area contributed by atoms with Crippen molar-refractivity contribution in [3.8, 4) is 6.07 Å². The number of hydrogen-bond acceptors (Lipinski definition) is 2. The molecule has 4 heteroatoms. The van der Waals surface area contributed by atoms with E-state index in [1.807, 2.05) is 38.1 Å². The molecule has 0 saturated carbocycles. The maximum absolute atomic E-state index is 11.6. The minimum Gasteiger partial charge on any atom is -0.351 e. The van der Waals surface area contributed by atoms with Crippen LogP contribution in [0.4, 0.5) is 0 Å². The van der Waals surface area contributed by atoms with E-state index >= 15 is 0 Å². The average Bonchev–Trinajstić information content (AvgIpc) is 2.38. The van der Waals surface area contributed by atoms with Gasteiger partial charge >= 0.3 is 0 Å². The second-order valence-electron chi connectivity index (χ2n) is 4.18. The van der Waals surface area contributed by atoms with Gasteiger partial charge in [0.2, 0.25) is 0 Å². The minimum atomic E-state index is 0.0591. The maximum atomic E-state index is 11.6. The number of likely N-dealkylation sites (N-methyl/N-ethyl adjacent to an activating group) is 2. The molecule has 0 saturated heterocycles. The fraction of sp³-hybridized carbons (Fsp3) is 0.429. The summed E-state index contributed by atoms with van der Waals surface area (Å²) in [5, 5.41) is 11.8. The Balaban J connectivity index is 2.68. The molecule has 0 heterocycles. The van der Waals surface area contributed by atoms with Gasteiger partial charge in [0.25, 0.3) is 5.91 Å². The molecule has 1 atom stereocenters. The van der Waals surface area contributed by atoms with Crippen LogP contribution in [0.5, 0.6) is 0 Å². The van der Waals surface area contributed by atoms with Gasteiger partial charge in [-0.05, 0) is 19.9 Å². The number of carbonyl (C=O) groups excluding carboxylic acids is 1. The van der Waals surface area contributed by atoms with E-state index in [4.69, 9.17) is 5.26 Å². The molecular formula is C14H20N3O+. The van der Waals surface area contributed by atoms with Crippen molar-refractivity contribution in [3.63, 3.8) is 0 Å². The Hall–Kier alpha value is -1.86. The van der Waals surface area contributed by atoms with Gasteiger partial charge in [-0.15, -0.1) is 0 Å². The molecule has 1 unspecified atom stereocenters. The Morgan fingerprint density at radius 1 is 1.39 bits per heavy atom. The van der Waals surface area contributed by atoms with Crippen molar-refractivity contribution in [2.24, 2.45) is 0 Å². The first-order valence-corrected chi connectivity index (χ1v) is 6.29. The van der Waals surface area contributed by atoms with Crippen LogP contribution in [0.1, 0.15) is 25.0 Å². The first-order chi connectivity index (χ1) is 8.71. The van der Waals surface area contributed by atoms with E-state index in [1.165, 1.54) is 0 Å². The van der Waals surface area contributed by atoms with E-state index in [0.29, 0.717) is 25.2 Å². The Labute approximate surface area is 108 Å². The number of benzene rings is 1. The van der Waals surface area contributed by atoms with Crippen LogP contribution in [0.15, 0.2) is 24.3 Å².